The van der Waals surface area contributed by atoms with Crippen LogP contribution < -0.4 is 10.8 Å². The molecule has 156 valence electrons. The van der Waals surface area contributed by atoms with E-state index in [9.17, 15) is 15.3 Å². The molecule has 6 nitrogen and oxygen atoms in total. The fourth-order valence-electron chi connectivity index (χ4n) is 5.73. The van der Waals surface area contributed by atoms with Gasteiger partial charge in [-0.1, -0.05) is 78.0 Å². The average Bonchev–Trinajstić information content (AvgIpc) is 3.48. The van der Waals surface area contributed by atoms with Crippen molar-refractivity contribution >= 4 is 76.0 Å². The van der Waals surface area contributed by atoms with Gasteiger partial charge in [0.2, 0.25) is 0 Å². The minimum Gasteiger partial charge on any atom is -0.410 e. The lowest BCUT2D eigenvalue weighted by Crippen LogP contribution is -1.98. The molecule has 0 aliphatic carbocycles. The third kappa shape index (κ3) is 1.99. The maximum atomic E-state index is 12.2. The fraction of sp³-hybridized carbons (Fsp3) is 0. The number of nitrogens with zero attached hydrogens (tertiary/aromatic N) is 2. The predicted octanol–water partition coefficient (Wildman–Crippen LogP) is 6.97. The quantitative estimate of drug-likeness (QED) is 0.157. The highest BCUT2D eigenvalue weighted by atomic mass is 16.5. The topological polar surface area (TPSA) is 94.3 Å². The van der Waals surface area contributed by atoms with Gasteiger partial charge in [0.15, 0.2) is 0 Å². The van der Waals surface area contributed by atoms with E-state index in [1.807, 2.05) is 72.8 Å². The summed E-state index contributed by atoms with van der Waals surface area (Å²) >= 11 is 0. The van der Waals surface area contributed by atoms with E-state index in [1.54, 1.807) is 0 Å². The first-order chi connectivity index (χ1) is 16.3. The smallest absolute Gasteiger partial charge is 0.124 e. The standard InChI is InChI=1S/C27H15N3O3/c31-28-25-16-10-4-1-7-13(16)19-22(25)20-15-9-3-6-12-18(15)27(30-33)24(20)21-14-8-2-5-11-17(14)26(29-32)23(19)21/h1-12,28,31-32H/b29-26-. The molecule has 0 atom stereocenters. The largest absolute Gasteiger partial charge is 0.410 e. The zero-order valence-corrected chi connectivity index (χ0v) is 17.1. The Morgan fingerprint density at radius 1 is 0.576 bits per heavy atom. The van der Waals surface area contributed by atoms with E-state index in [0.29, 0.717) is 22.1 Å². The molecule has 0 fully saturated rings. The summed E-state index contributed by atoms with van der Waals surface area (Å²) in [6.45, 7) is 0. The highest BCUT2D eigenvalue weighted by molar-refractivity contribution is 6.48. The summed E-state index contributed by atoms with van der Waals surface area (Å²) in [5, 5.41) is 37.8. The molecule has 6 heteroatoms. The molecule has 0 aromatic heterocycles. The van der Waals surface area contributed by atoms with Gasteiger partial charge in [0, 0.05) is 48.5 Å². The molecule has 7 aromatic rings. The van der Waals surface area contributed by atoms with Gasteiger partial charge in [0.1, 0.15) is 11.0 Å². The first-order valence-corrected chi connectivity index (χ1v) is 10.5. The van der Waals surface area contributed by atoms with Crippen LogP contribution in [0.15, 0.2) is 83.1 Å². The lowest BCUT2D eigenvalue weighted by atomic mass is 9.99. The van der Waals surface area contributed by atoms with Crippen LogP contribution in [0.1, 0.15) is 0 Å². The Bertz CT molecular complexity index is 2000. The number of nitrogens with one attached hydrogen (secondary N) is 1. The van der Waals surface area contributed by atoms with Crippen molar-refractivity contribution in [3.63, 3.8) is 0 Å². The van der Waals surface area contributed by atoms with E-state index in [-0.39, 0.29) is 0 Å². The molecule has 3 N–H and O–H groups in total. The van der Waals surface area contributed by atoms with Crippen molar-refractivity contribution in [1.29, 1.82) is 0 Å². The molecule has 7 rings (SSSR count). The SMILES string of the molecule is O=Nc1c2ccccc2c2c3c(NO)c4ccccc4c3c3/c(=N\O)c4ccccc4c3c12. The van der Waals surface area contributed by atoms with Gasteiger partial charge in [-0.15, -0.1) is 4.91 Å². The minimum absolute atomic E-state index is 0.349. The molecule has 33 heavy (non-hydrogen) atoms. The number of hydrogen-bond acceptors (Lipinski definition) is 6. The second kappa shape index (κ2) is 6.25. The van der Waals surface area contributed by atoms with Crippen LogP contribution in [0.4, 0.5) is 11.4 Å². The molecule has 0 aliphatic heterocycles. The monoisotopic (exact) mass is 429 g/mol. The zero-order chi connectivity index (χ0) is 22.3. The third-order valence-corrected chi connectivity index (χ3v) is 6.90. The number of benzene rings is 4. The second-order valence-corrected chi connectivity index (χ2v) is 8.26. The summed E-state index contributed by atoms with van der Waals surface area (Å²) in [6, 6.07) is 23.2. The van der Waals surface area contributed by atoms with Crippen molar-refractivity contribution in [1.82, 2.24) is 0 Å². The van der Waals surface area contributed by atoms with Gasteiger partial charge in [-0.2, -0.15) is 0 Å². The summed E-state index contributed by atoms with van der Waals surface area (Å²) in [5.74, 6) is 0. The third-order valence-electron chi connectivity index (χ3n) is 6.90. The summed E-state index contributed by atoms with van der Waals surface area (Å²) in [7, 11) is 0. The van der Waals surface area contributed by atoms with Gasteiger partial charge in [-0.3, -0.25) is 10.7 Å². The summed E-state index contributed by atoms with van der Waals surface area (Å²) in [6.07, 6.45) is 0. The fourth-order valence-corrected chi connectivity index (χ4v) is 5.73. The van der Waals surface area contributed by atoms with Gasteiger partial charge in [-0.05, 0) is 21.3 Å². The summed E-state index contributed by atoms with van der Waals surface area (Å²) in [5.41, 5.74) is 3.31. The van der Waals surface area contributed by atoms with Crippen LogP contribution in [0.25, 0.3) is 64.6 Å². The molecular formula is C27H15N3O3. The molecule has 0 bridgehead atoms. The number of rotatable bonds is 2. The Kier molecular flexibility index (Phi) is 3.42. The number of nitroso groups, excluding NO2 is 1. The predicted molar refractivity (Wildman–Crippen MR) is 132 cm³/mol. The van der Waals surface area contributed by atoms with E-state index in [4.69, 9.17) is 0 Å². The Hall–Kier alpha value is -4.55. The molecule has 7 aromatic carbocycles. The number of hydrogen-bond donors (Lipinski definition) is 3. The number of anilines is 1. The molecule has 0 unspecified atom stereocenters. The lowest BCUT2D eigenvalue weighted by molar-refractivity contribution is 0.304. The van der Waals surface area contributed by atoms with Gasteiger partial charge in [0.05, 0.1) is 5.69 Å². The summed E-state index contributed by atoms with van der Waals surface area (Å²) in [4.78, 5) is 12.2. The van der Waals surface area contributed by atoms with Crippen molar-refractivity contribution in [2.75, 3.05) is 5.48 Å². The molecule has 0 saturated carbocycles. The van der Waals surface area contributed by atoms with Crippen LogP contribution in [-0.4, -0.2) is 10.4 Å². The molecule has 0 heterocycles. The van der Waals surface area contributed by atoms with E-state index >= 15 is 0 Å². The molecule has 0 saturated heterocycles. The minimum atomic E-state index is 0.349. The van der Waals surface area contributed by atoms with Crippen LogP contribution in [0, 0.1) is 4.91 Å². The van der Waals surface area contributed by atoms with Gasteiger partial charge < -0.3 is 5.21 Å². The maximum absolute atomic E-state index is 12.2. The van der Waals surface area contributed by atoms with E-state index in [1.165, 1.54) is 0 Å². The first kappa shape index (κ1) is 18.1. The normalized spacial score (nSPS) is 12.8. The molecule has 0 spiro atoms. The van der Waals surface area contributed by atoms with E-state index in [0.717, 1.165) is 59.2 Å². The van der Waals surface area contributed by atoms with Crippen LogP contribution in [-0.2, 0) is 0 Å². The van der Waals surface area contributed by atoms with Crippen molar-refractivity contribution in [3.8, 4) is 0 Å². The second-order valence-electron chi connectivity index (χ2n) is 8.26. The van der Waals surface area contributed by atoms with Crippen LogP contribution in [0.5, 0.6) is 0 Å². The number of fused-ring (bicyclic) bond motifs is 12. The molecular weight excluding hydrogens is 414 g/mol. The first-order valence-electron chi connectivity index (χ1n) is 10.5. The van der Waals surface area contributed by atoms with Gasteiger partial charge in [0.25, 0.3) is 0 Å². The average molecular weight is 429 g/mol. The summed E-state index contributed by atoms with van der Waals surface area (Å²) < 4.78 is 0. The van der Waals surface area contributed by atoms with Crippen molar-refractivity contribution < 1.29 is 10.4 Å². The van der Waals surface area contributed by atoms with Crippen LogP contribution in [0.3, 0.4) is 0 Å². The van der Waals surface area contributed by atoms with Crippen LogP contribution >= 0.6 is 0 Å². The lowest BCUT2D eigenvalue weighted by Gasteiger charge is -2.05. The van der Waals surface area contributed by atoms with Crippen molar-refractivity contribution in [3.05, 3.63) is 83.1 Å². The van der Waals surface area contributed by atoms with E-state index in [2.05, 4.69) is 15.8 Å². The molecule has 0 amide bonds. The van der Waals surface area contributed by atoms with Gasteiger partial charge >= 0.3 is 0 Å². The van der Waals surface area contributed by atoms with Crippen molar-refractivity contribution in [2.45, 2.75) is 0 Å². The Morgan fingerprint density at radius 2 is 1.06 bits per heavy atom. The Labute approximate surface area is 185 Å². The Morgan fingerprint density at radius 3 is 1.67 bits per heavy atom. The highest BCUT2D eigenvalue weighted by Crippen LogP contribution is 2.53. The van der Waals surface area contributed by atoms with Crippen LogP contribution in [0.2, 0.25) is 0 Å². The highest BCUT2D eigenvalue weighted by Gasteiger charge is 2.27. The van der Waals surface area contributed by atoms with E-state index < -0.39 is 0 Å². The van der Waals surface area contributed by atoms with Gasteiger partial charge in [-0.25, -0.2) is 0 Å². The molecule has 0 radical (unpaired) electrons. The molecule has 0 aliphatic rings. The maximum Gasteiger partial charge on any atom is 0.124 e. The Balaban J connectivity index is 2.04. The zero-order valence-electron chi connectivity index (χ0n) is 17.1. The van der Waals surface area contributed by atoms with Crippen molar-refractivity contribution in [2.24, 2.45) is 10.3 Å².